The van der Waals surface area contributed by atoms with Gasteiger partial charge in [0.1, 0.15) is 0 Å². The van der Waals surface area contributed by atoms with E-state index in [1.165, 1.54) is 17.4 Å². The molecule has 0 saturated heterocycles. The molecule has 0 aromatic carbocycles. The summed E-state index contributed by atoms with van der Waals surface area (Å²) in [5, 5.41) is 0. The molecule has 0 bridgehead atoms. The highest BCUT2D eigenvalue weighted by Gasteiger charge is 1.96. The van der Waals surface area contributed by atoms with E-state index >= 15 is 0 Å². The highest BCUT2D eigenvalue weighted by molar-refractivity contribution is 7.17. The van der Waals surface area contributed by atoms with Crippen LogP contribution in [0, 0.1) is 0 Å². The van der Waals surface area contributed by atoms with Crippen molar-refractivity contribution in [3.8, 4) is 0 Å². The number of halogens is 1. The van der Waals surface area contributed by atoms with Gasteiger partial charge in [0.2, 0.25) is 0 Å². The normalized spacial score (nSPS) is 10.6. The van der Waals surface area contributed by atoms with E-state index in [9.17, 15) is 4.79 Å². The monoisotopic (exact) mass is 216 g/mol. The zero-order valence-corrected chi connectivity index (χ0v) is 8.69. The SMILES string of the molecule is CCOC(=O)C=Cc1ccc(Cl)s1. The van der Waals surface area contributed by atoms with Gasteiger partial charge in [0.05, 0.1) is 10.9 Å². The van der Waals surface area contributed by atoms with Crippen molar-refractivity contribution in [3.05, 3.63) is 27.4 Å². The third-order valence-electron chi connectivity index (χ3n) is 1.26. The summed E-state index contributed by atoms with van der Waals surface area (Å²) >= 11 is 7.12. The molecule has 0 atom stereocenters. The number of carbonyl (C=O) groups excluding carboxylic acids is 1. The average molecular weight is 217 g/mol. The highest BCUT2D eigenvalue weighted by atomic mass is 35.5. The Balaban J connectivity index is 2.53. The zero-order valence-electron chi connectivity index (χ0n) is 7.12. The van der Waals surface area contributed by atoms with Gasteiger partial charge in [0.25, 0.3) is 0 Å². The third kappa shape index (κ3) is 3.61. The molecule has 13 heavy (non-hydrogen) atoms. The number of hydrogen-bond acceptors (Lipinski definition) is 3. The molecule has 0 fully saturated rings. The summed E-state index contributed by atoms with van der Waals surface area (Å²) in [5.41, 5.74) is 0. The van der Waals surface area contributed by atoms with Gasteiger partial charge in [-0.1, -0.05) is 11.6 Å². The smallest absolute Gasteiger partial charge is 0.330 e. The first-order chi connectivity index (χ1) is 6.22. The highest BCUT2D eigenvalue weighted by Crippen LogP contribution is 2.22. The largest absolute Gasteiger partial charge is 0.463 e. The van der Waals surface area contributed by atoms with Crippen LogP contribution in [0.4, 0.5) is 0 Å². The minimum Gasteiger partial charge on any atom is -0.463 e. The van der Waals surface area contributed by atoms with Crippen molar-refractivity contribution < 1.29 is 9.53 Å². The predicted octanol–water partition coefficient (Wildman–Crippen LogP) is 2.98. The summed E-state index contributed by atoms with van der Waals surface area (Å²) < 4.78 is 5.43. The molecule has 0 aliphatic heterocycles. The summed E-state index contributed by atoms with van der Waals surface area (Å²) in [6.45, 7) is 2.17. The lowest BCUT2D eigenvalue weighted by Crippen LogP contribution is -1.98. The van der Waals surface area contributed by atoms with Gasteiger partial charge in [-0.25, -0.2) is 4.79 Å². The molecule has 1 heterocycles. The van der Waals surface area contributed by atoms with E-state index in [4.69, 9.17) is 16.3 Å². The predicted molar refractivity (Wildman–Crippen MR) is 55.0 cm³/mol. The van der Waals surface area contributed by atoms with Crippen LogP contribution in [0.2, 0.25) is 4.34 Å². The Morgan fingerprint density at radius 1 is 1.69 bits per heavy atom. The van der Waals surface area contributed by atoms with E-state index in [2.05, 4.69) is 0 Å². The maximum absolute atomic E-state index is 10.9. The Hall–Kier alpha value is -0.800. The van der Waals surface area contributed by atoms with Crippen LogP contribution in [0.5, 0.6) is 0 Å². The Labute approximate surface area is 85.8 Å². The Kier molecular flexibility index (Phi) is 3.99. The maximum Gasteiger partial charge on any atom is 0.330 e. The van der Waals surface area contributed by atoms with Gasteiger partial charge in [-0.05, 0) is 25.1 Å². The van der Waals surface area contributed by atoms with E-state index in [-0.39, 0.29) is 5.97 Å². The minimum atomic E-state index is -0.327. The van der Waals surface area contributed by atoms with Crippen LogP contribution in [0.25, 0.3) is 6.08 Å². The fraction of sp³-hybridized carbons (Fsp3) is 0.222. The first-order valence-corrected chi connectivity index (χ1v) is 5.02. The Morgan fingerprint density at radius 3 is 3.00 bits per heavy atom. The second-order valence-electron chi connectivity index (χ2n) is 2.23. The van der Waals surface area contributed by atoms with Gasteiger partial charge in [-0.2, -0.15) is 0 Å². The fourth-order valence-electron chi connectivity index (χ4n) is 0.758. The number of rotatable bonds is 3. The van der Waals surface area contributed by atoms with Gasteiger partial charge in [0.15, 0.2) is 0 Å². The minimum absolute atomic E-state index is 0.327. The summed E-state index contributed by atoms with van der Waals surface area (Å²) in [7, 11) is 0. The van der Waals surface area contributed by atoms with Gasteiger partial charge in [-0.3, -0.25) is 0 Å². The molecule has 0 spiro atoms. The van der Waals surface area contributed by atoms with Crippen LogP contribution < -0.4 is 0 Å². The summed E-state index contributed by atoms with van der Waals surface area (Å²) in [6.07, 6.45) is 3.08. The zero-order chi connectivity index (χ0) is 9.68. The molecule has 4 heteroatoms. The summed E-state index contributed by atoms with van der Waals surface area (Å²) in [6, 6.07) is 3.64. The topological polar surface area (TPSA) is 26.3 Å². The van der Waals surface area contributed by atoms with E-state index in [0.717, 1.165) is 4.88 Å². The van der Waals surface area contributed by atoms with Crippen LogP contribution in [-0.2, 0) is 9.53 Å². The molecular weight excluding hydrogens is 208 g/mol. The molecule has 0 amide bonds. The second kappa shape index (κ2) is 5.04. The first-order valence-electron chi connectivity index (χ1n) is 3.82. The van der Waals surface area contributed by atoms with E-state index in [0.29, 0.717) is 10.9 Å². The van der Waals surface area contributed by atoms with Crippen LogP contribution in [0.3, 0.4) is 0 Å². The van der Waals surface area contributed by atoms with Crippen molar-refractivity contribution in [2.75, 3.05) is 6.61 Å². The van der Waals surface area contributed by atoms with Gasteiger partial charge >= 0.3 is 5.97 Å². The van der Waals surface area contributed by atoms with Crippen LogP contribution in [-0.4, -0.2) is 12.6 Å². The molecule has 0 radical (unpaired) electrons. The number of ether oxygens (including phenoxy) is 1. The molecule has 1 aromatic rings. The standard InChI is InChI=1S/C9H9ClO2S/c1-2-12-9(11)6-4-7-3-5-8(10)13-7/h3-6H,2H2,1H3. The summed E-state index contributed by atoms with van der Waals surface area (Å²) in [4.78, 5) is 11.8. The number of thiophene rings is 1. The van der Waals surface area contributed by atoms with Crippen molar-refractivity contribution in [2.24, 2.45) is 0 Å². The average Bonchev–Trinajstić information content (AvgIpc) is 2.49. The molecular formula is C9H9ClO2S. The number of carbonyl (C=O) groups is 1. The van der Waals surface area contributed by atoms with Crippen molar-refractivity contribution >= 4 is 35.0 Å². The molecule has 70 valence electrons. The van der Waals surface area contributed by atoms with Crippen molar-refractivity contribution in [1.29, 1.82) is 0 Å². The molecule has 0 unspecified atom stereocenters. The van der Waals surface area contributed by atoms with Crippen molar-refractivity contribution in [1.82, 2.24) is 0 Å². The van der Waals surface area contributed by atoms with Gasteiger partial charge in [-0.15, -0.1) is 11.3 Å². The van der Waals surface area contributed by atoms with Crippen molar-refractivity contribution in [3.63, 3.8) is 0 Å². The molecule has 0 N–H and O–H groups in total. The van der Waals surface area contributed by atoms with Gasteiger partial charge in [0, 0.05) is 11.0 Å². The summed E-state index contributed by atoms with van der Waals surface area (Å²) in [5.74, 6) is -0.327. The van der Waals surface area contributed by atoms with E-state index in [1.807, 2.05) is 6.07 Å². The molecule has 1 aromatic heterocycles. The maximum atomic E-state index is 10.9. The van der Waals surface area contributed by atoms with Crippen molar-refractivity contribution in [2.45, 2.75) is 6.92 Å². The van der Waals surface area contributed by atoms with Gasteiger partial charge < -0.3 is 4.74 Å². The third-order valence-corrected chi connectivity index (χ3v) is 2.46. The van der Waals surface area contributed by atoms with E-state index in [1.54, 1.807) is 19.1 Å². The lowest BCUT2D eigenvalue weighted by molar-refractivity contribution is -0.137. The molecule has 0 aliphatic rings. The Bertz CT molecular complexity index is 317. The fourth-order valence-corrected chi connectivity index (χ4v) is 1.72. The lowest BCUT2D eigenvalue weighted by Gasteiger charge is -1.93. The molecule has 2 nitrogen and oxygen atoms in total. The molecule has 0 aliphatic carbocycles. The van der Waals surface area contributed by atoms with Crippen LogP contribution >= 0.6 is 22.9 Å². The number of hydrogen-bond donors (Lipinski definition) is 0. The Morgan fingerprint density at radius 2 is 2.46 bits per heavy atom. The first kappa shape index (κ1) is 10.3. The molecule has 0 saturated carbocycles. The lowest BCUT2D eigenvalue weighted by atomic mass is 10.4. The second-order valence-corrected chi connectivity index (χ2v) is 3.97. The van der Waals surface area contributed by atoms with E-state index < -0.39 is 0 Å². The van der Waals surface area contributed by atoms with Crippen LogP contribution in [0.1, 0.15) is 11.8 Å². The quantitative estimate of drug-likeness (QED) is 0.574. The number of esters is 1. The molecule has 1 rings (SSSR count). The van der Waals surface area contributed by atoms with Crippen LogP contribution in [0.15, 0.2) is 18.2 Å².